The summed E-state index contributed by atoms with van der Waals surface area (Å²) in [5, 5.41) is 8.37. The van der Waals surface area contributed by atoms with E-state index in [2.05, 4.69) is 4.98 Å². The van der Waals surface area contributed by atoms with E-state index in [4.69, 9.17) is 14.4 Å². The van der Waals surface area contributed by atoms with Crippen molar-refractivity contribution in [3.63, 3.8) is 0 Å². The standard InChI is InChI=1S/C14H12N2O3/c1-9-4-3-5-11(8-9)13-16-10(2)12(19-13)14(17)18-7-6-15/h3-5,8H,7H2,1-2H3. The molecule has 0 unspecified atom stereocenters. The number of nitriles is 1. The fourth-order valence-corrected chi connectivity index (χ4v) is 1.65. The lowest BCUT2D eigenvalue weighted by atomic mass is 10.1. The monoisotopic (exact) mass is 256 g/mol. The molecule has 0 radical (unpaired) electrons. The van der Waals surface area contributed by atoms with Crippen molar-refractivity contribution in [1.29, 1.82) is 5.26 Å². The first kappa shape index (κ1) is 12.8. The molecule has 1 heterocycles. The fraction of sp³-hybridized carbons (Fsp3) is 0.214. The van der Waals surface area contributed by atoms with Crippen LogP contribution in [0, 0.1) is 25.2 Å². The average molecular weight is 256 g/mol. The summed E-state index contributed by atoms with van der Waals surface area (Å²) in [6.45, 7) is 3.31. The summed E-state index contributed by atoms with van der Waals surface area (Å²) in [5.41, 5.74) is 2.31. The van der Waals surface area contributed by atoms with Crippen molar-refractivity contribution in [1.82, 2.24) is 4.98 Å². The van der Waals surface area contributed by atoms with E-state index in [0.29, 0.717) is 11.6 Å². The molecule has 2 aromatic rings. The zero-order valence-corrected chi connectivity index (χ0v) is 10.6. The van der Waals surface area contributed by atoms with Crippen molar-refractivity contribution >= 4 is 5.97 Å². The van der Waals surface area contributed by atoms with Gasteiger partial charge in [-0.05, 0) is 26.0 Å². The van der Waals surface area contributed by atoms with Gasteiger partial charge in [0.15, 0.2) is 6.61 Å². The number of hydrogen-bond donors (Lipinski definition) is 0. The van der Waals surface area contributed by atoms with Gasteiger partial charge in [0, 0.05) is 5.56 Å². The Balaban J connectivity index is 2.31. The van der Waals surface area contributed by atoms with Crippen molar-refractivity contribution in [3.05, 3.63) is 41.3 Å². The van der Waals surface area contributed by atoms with Crippen LogP contribution in [0.25, 0.3) is 11.5 Å². The summed E-state index contributed by atoms with van der Waals surface area (Å²) in [6, 6.07) is 9.34. The van der Waals surface area contributed by atoms with E-state index >= 15 is 0 Å². The Kier molecular flexibility index (Phi) is 3.62. The summed E-state index contributed by atoms with van der Waals surface area (Å²) < 4.78 is 10.1. The molecule has 5 nitrogen and oxygen atoms in total. The van der Waals surface area contributed by atoms with Gasteiger partial charge in [-0.25, -0.2) is 9.78 Å². The molecule has 0 bridgehead atoms. The minimum atomic E-state index is -0.676. The zero-order valence-electron chi connectivity index (χ0n) is 10.6. The van der Waals surface area contributed by atoms with Gasteiger partial charge in [-0.2, -0.15) is 5.26 Å². The topological polar surface area (TPSA) is 76.1 Å². The van der Waals surface area contributed by atoms with Crippen LogP contribution < -0.4 is 0 Å². The van der Waals surface area contributed by atoms with Gasteiger partial charge in [-0.3, -0.25) is 0 Å². The Bertz CT molecular complexity index is 653. The third-order valence-corrected chi connectivity index (χ3v) is 2.51. The lowest BCUT2D eigenvalue weighted by Crippen LogP contribution is -2.05. The molecular formula is C14H12N2O3. The second-order valence-electron chi connectivity index (χ2n) is 4.04. The maximum absolute atomic E-state index is 11.6. The summed E-state index contributed by atoms with van der Waals surface area (Å²) >= 11 is 0. The van der Waals surface area contributed by atoms with Gasteiger partial charge in [-0.15, -0.1) is 0 Å². The van der Waals surface area contributed by atoms with Crippen LogP contribution in [0.1, 0.15) is 21.8 Å². The van der Waals surface area contributed by atoms with E-state index in [-0.39, 0.29) is 12.4 Å². The summed E-state index contributed by atoms with van der Waals surface area (Å²) in [5.74, 6) is -0.276. The molecule has 0 saturated carbocycles. The first-order valence-electron chi connectivity index (χ1n) is 5.70. The number of aryl methyl sites for hydroxylation is 2. The van der Waals surface area contributed by atoms with E-state index in [1.807, 2.05) is 31.2 Å². The number of esters is 1. The SMILES string of the molecule is Cc1cccc(-c2nc(C)c(C(=O)OCC#N)o2)c1. The molecule has 0 fully saturated rings. The van der Waals surface area contributed by atoms with Crippen LogP contribution in [-0.2, 0) is 4.74 Å². The van der Waals surface area contributed by atoms with Gasteiger partial charge in [-0.1, -0.05) is 17.7 Å². The Morgan fingerprint density at radius 2 is 2.26 bits per heavy atom. The van der Waals surface area contributed by atoms with E-state index < -0.39 is 5.97 Å². The lowest BCUT2D eigenvalue weighted by Gasteiger charge is -1.97. The third kappa shape index (κ3) is 2.80. The number of carbonyl (C=O) groups excluding carboxylic acids is 1. The molecule has 0 saturated heterocycles. The van der Waals surface area contributed by atoms with Gasteiger partial charge < -0.3 is 9.15 Å². The second kappa shape index (κ2) is 5.36. The largest absolute Gasteiger partial charge is 0.444 e. The van der Waals surface area contributed by atoms with Crippen LogP contribution in [0.3, 0.4) is 0 Å². The molecule has 1 aromatic carbocycles. The molecule has 0 aliphatic heterocycles. The molecule has 0 aliphatic carbocycles. The molecule has 0 aliphatic rings. The maximum Gasteiger partial charge on any atom is 0.377 e. The highest BCUT2D eigenvalue weighted by Gasteiger charge is 2.19. The zero-order chi connectivity index (χ0) is 13.8. The van der Waals surface area contributed by atoms with E-state index in [1.54, 1.807) is 13.0 Å². The van der Waals surface area contributed by atoms with E-state index in [9.17, 15) is 4.79 Å². The number of oxazole rings is 1. The Hall–Kier alpha value is -2.61. The van der Waals surface area contributed by atoms with Crippen LogP contribution >= 0.6 is 0 Å². The molecular weight excluding hydrogens is 244 g/mol. The summed E-state index contributed by atoms with van der Waals surface area (Å²) in [6.07, 6.45) is 0. The van der Waals surface area contributed by atoms with Crippen LogP contribution in [0.5, 0.6) is 0 Å². The lowest BCUT2D eigenvalue weighted by molar-refractivity contribution is 0.0519. The van der Waals surface area contributed by atoms with Gasteiger partial charge in [0.1, 0.15) is 6.07 Å². The Morgan fingerprint density at radius 3 is 2.95 bits per heavy atom. The van der Waals surface area contributed by atoms with Crippen LogP contribution in [0.2, 0.25) is 0 Å². The molecule has 0 spiro atoms. The summed E-state index contributed by atoms with van der Waals surface area (Å²) in [7, 11) is 0. The predicted octanol–water partition coefficient (Wildman–Crippen LogP) is 2.64. The first-order chi connectivity index (χ1) is 9.11. The number of rotatable bonds is 3. The maximum atomic E-state index is 11.6. The average Bonchev–Trinajstić information content (AvgIpc) is 2.78. The molecule has 0 N–H and O–H groups in total. The molecule has 96 valence electrons. The summed E-state index contributed by atoms with van der Waals surface area (Å²) in [4.78, 5) is 15.8. The number of ether oxygens (including phenoxy) is 1. The van der Waals surface area contributed by atoms with Gasteiger partial charge >= 0.3 is 5.97 Å². The van der Waals surface area contributed by atoms with Gasteiger partial charge in [0.05, 0.1) is 5.69 Å². The highest BCUT2D eigenvalue weighted by atomic mass is 16.5. The fourth-order valence-electron chi connectivity index (χ4n) is 1.65. The van der Waals surface area contributed by atoms with Crippen molar-refractivity contribution in [2.75, 3.05) is 6.61 Å². The Morgan fingerprint density at radius 1 is 1.47 bits per heavy atom. The first-order valence-corrected chi connectivity index (χ1v) is 5.70. The predicted molar refractivity (Wildman–Crippen MR) is 67.3 cm³/mol. The number of carbonyl (C=O) groups is 1. The number of hydrogen-bond acceptors (Lipinski definition) is 5. The van der Waals surface area contributed by atoms with Crippen molar-refractivity contribution in [2.45, 2.75) is 13.8 Å². The molecule has 0 amide bonds. The van der Waals surface area contributed by atoms with Crippen LogP contribution in [0.15, 0.2) is 28.7 Å². The van der Waals surface area contributed by atoms with E-state index in [1.165, 1.54) is 0 Å². The molecule has 0 atom stereocenters. The van der Waals surface area contributed by atoms with Crippen molar-refractivity contribution < 1.29 is 13.9 Å². The Labute approximate surface area is 110 Å². The third-order valence-electron chi connectivity index (χ3n) is 2.51. The highest BCUT2D eigenvalue weighted by molar-refractivity contribution is 5.88. The number of aromatic nitrogens is 1. The van der Waals surface area contributed by atoms with Gasteiger partial charge in [0.25, 0.3) is 0 Å². The van der Waals surface area contributed by atoms with Crippen LogP contribution in [-0.4, -0.2) is 17.6 Å². The second-order valence-corrected chi connectivity index (χ2v) is 4.04. The molecule has 5 heteroatoms. The van der Waals surface area contributed by atoms with Gasteiger partial charge in [0.2, 0.25) is 11.7 Å². The van der Waals surface area contributed by atoms with Crippen molar-refractivity contribution in [2.24, 2.45) is 0 Å². The molecule has 2 rings (SSSR count). The van der Waals surface area contributed by atoms with Crippen LogP contribution in [0.4, 0.5) is 0 Å². The molecule has 19 heavy (non-hydrogen) atoms. The normalized spacial score (nSPS) is 9.95. The van der Waals surface area contributed by atoms with E-state index in [0.717, 1.165) is 11.1 Å². The number of benzene rings is 1. The van der Waals surface area contributed by atoms with Crippen molar-refractivity contribution in [3.8, 4) is 17.5 Å². The minimum absolute atomic E-state index is 0.0340. The number of nitrogens with zero attached hydrogens (tertiary/aromatic N) is 2. The quantitative estimate of drug-likeness (QED) is 0.789. The highest BCUT2D eigenvalue weighted by Crippen LogP contribution is 2.23. The molecule has 1 aromatic heterocycles. The smallest absolute Gasteiger partial charge is 0.377 e. The minimum Gasteiger partial charge on any atom is -0.444 e.